The summed E-state index contributed by atoms with van der Waals surface area (Å²) in [6.07, 6.45) is 8.19. The zero-order chi connectivity index (χ0) is 27.4. The van der Waals surface area contributed by atoms with Gasteiger partial charge in [-0.3, -0.25) is 0 Å². The van der Waals surface area contributed by atoms with Gasteiger partial charge in [-0.1, -0.05) is 75.9 Å². The maximum absolute atomic E-state index is 5.03. The molecular formula is C32H18Br4N4. The molecule has 0 fully saturated rings. The summed E-state index contributed by atoms with van der Waals surface area (Å²) in [7, 11) is 0. The summed E-state index contributed by atoms with van der Waals surface area (Å²) in [4.78, 5) is 17.3. The summed E-state index contributed by atoms with van der Waals surface area (Å²) in [5.41, 5.74) is 11.4. The number of hydrogen-bond acceptors (Lipinski definition) is 2. The number of nitrogens with zero attached hydrogens (tertiary/aromatic N) is 2. The van der Waals surface area contributed by atoms with Crippen LogP contribution in [0.4, 0.5) is 0 Å². The lowest BCUT2D eigenvalue weighted by atomic mass is 10.0. The van der Waals surface area contributed by atoms with E-state index in [9.17, 15) is 0 Å². The van der Waals surface area contributed by atoms with E-state index in [1.807, 2.05) is 54.6 Å². The third-order valence-corrected chi connectivity index (χ3v) is 9.47. The molecule has 0 amide bonds. The Morgan fingerprint density at radius 3 is 1.30 bits per heavy atom. The van der Waals surface area contributed by atoms with Crippen molar-refractivity contribution in [3.63, 3.8) is 0 Å². The van der Waals surface area contributed by atoms with Crippen molar-refractivity contribution in [1.82, 2.24) is 19.9 Å². The molecule has 0 radical (unpaired) electrons. The fourth-order valence-corrected chi connectivity index (χ4v) is 7.86. The molecule has 40 heavy (non-hydrogen) atoms. The van der Waals surface area contributed by atoms with Gasteiger partial charge in [0.2, 0.25) is 0 Å². The van der Waals surface area contributed by atoms with Crippen LogP contribution in [0, 0.1) is 0 Å². The fraction of sp³-hybridized carbons (Fsp3) is 0. The molecule has 7 rings (SSSR count). The predicted molar refractivity (Wildman–Crippen MR) is 181 cm³/mol. The quantitative estimate of drug-likeness (QED) is 0.184. The molecule has 2 aliphatic rings. The SMILES string of the molecule is Brc1cccc(Br)c1-c1c2nc(cc3nc(c(-c4c(Br)cccc4Br)c4ccc(cc5ccc1[nH]5)[nH]4)C=C3)C=C2. The number of hydrogen-bond donors (Lipinski definition) is 2. The standard InChI is InChI=1S/C32H18Br4N4/c33-21-3-1-4-22(34)29(21)31-25-11-7-17(37-25)15-19-9-13-27(39-19)32(30-23(35)5-2-6-24(30)36)28-14-10-20(40-28)16-18-8-12-26(31)38-18/h1-16,37,39H. The van der Waals surface area contributed by atoms with E-state index in [-0.39, 0.29) is 0 Å². The van der Waals surface area contributed by atoms with Crippen molar-refractivity contribution in [1.29, 1.82) is 0 Å². The van der Waals surface area contributed by atoms with E-state index in [1.54, 1.807) is 0 Å². The second-order valence-corrected chi connectivity index (χ2v) is 12.8. The summed E-state index contributed by atoms with van der Waals surface area (Å²) in [5.74, 6) is 0. The third kappa shape index (κ3) is 4.67. The van der Waals surface area contributed by atoms with Crippen LogP contribution < -0.4 is 0 Å². The van der Waals surface area contributed by atoms with Crippen LogP contribution in [-0.2, 0) is 0 Å². The number of benzene rings is 2. The van der Waals surface area contributed by atoms with Gasteiger partial charge in [-0.25, -0.2) is 9.97 Å². The van der Waals surface area contributed by atoms with Gasteiger partial charge in [0, 0.05) is 62.2 Å². The maximum atomic E-state index is 5.03. The molecule has 5 aromatic rings. The maximum Gasteiger partial charge on any atom is 0.0737 e. The van der Waals surface area contributed by atoms with Crippen molar-refractivity contribution < 1.29 is 0 Å². The second kappa shape index (κ2) is 10.4. The largest absolute Gasteiger partial charge is 0.355 e. The molecule has 5 heterocycles. The van der Waals surface area contributed by atoms with Crippen LogP contribution >= 0.6 is 63.7 Å². The summed E-state index contributed by atoms with van der Waals surface area (Å²) < 4.78 is 3.94. The number of H-pyrrole nitrogens is 2. The molecule has 194 valence electrons. The van der Waals surface area contributed by atoms with E-state index < -0.39 is 0 Å². The molecule has 2 aromatic carbocycles. The lowest BCUT2D eigenvalue weighted by molar-refractivity contribution is 1.27. The zero-order valence-corrected chi connectivity index (χ0v) is 27.0. The minimum absolute atomic E-state index is 0.844. The Morgan fingerprint density at radius 1 is 0.450 bits per heavy atom. The minimum atomic E-state index is 0.844. The molecule has 8 heteroatoms. The summed E-state index contributed by atoms with van der Waals surface area (Å²) in [5, 5.41) is 0. The van der Waals surface area contributed by atoms with E-state index in [0.717, 1.165) is 85.0 Å². The smallest absolute Gasteiger partial charge is 0.0737 e. The first-order chi connectivity index (χ1) is 19.4. The lowest BCUT2D eigenvalue weighted by Gasteiger charge is -2.09. The second-order valence-electron chi connectivity index (χ2n) is 9.40. The monoisotopic (exact) mass is 774 g/mol. The van der Waals surface area contributed by atoms with E-state index in [0.29, 0.717) is 0 Å². The Bertz CT molecular complexity index is 1880. The van der Waals surface area contributed by atoms with Crippen LogP contribution in [0.1, 0.15) is 22.8 Å². The molecule has 0 saturated heterocycles. The topological polar surface area (TPSA) is 57.4 Å². The number of rotatable bonds is 2. The summed E-state index contributed by atoms with van der Waals surface area (Å²) in [6, 6.07) is 24.7. The van der Waals surface area contributed by atoms with Crippen molar-refractivity contribution in [2.45, 2.75) is 0 Å². The highest BCUT2D eigenvalue weighted by Gasteiger charge is 2.18. The molecule has 0 atom stereocenters. The van der Waals surface area contributed by atoms with Crippen LogP contribution in [0.15, 0.2) is 90.7 Å². The highest BCUT2D eigenvalue weighted by atomic mass is 79.9. The minimum Gasteiger partial charge on any atom is -0.355 e. The number of aromatic nitrogens is 4. The zero-order valence-electron chi connectivity index (χ0n) is 20.6. The van der Waals surface area contributed by atoms with E-state index >= 15 is 0 Å². The van der Waals surface area contributed by atoms with Gasteiger partial charge in [-0.2, -0.15) is 0 Å². The number of halogens is 4. The average molecular weight is 778 g/mol. The average Bonchev–Trinajstić information content (AvgIpc) is 3.73. The van der Waals surface area contributed by atoms with Gasteiger partial charge in [0.15, 0.2) is 0 Å². The van der Waals surface area contributed by atoms with E-state index in [2.05, 4.69) is 116 Å². The number of fused-ring (bicyclic) bond motifs is 8. The Hall–Kier alpha value is -3.04. The van der Waals surface area contributed by atoms with Gasteiger partial charge in [0.1, 0.15) is 0 Å². The van der Waals surface area contributed by atoms with Crippen molar-refractivity contribution in [2.75, 3.05) is 0 Å². The number of aromatic amines is 2. The molecule has 0 saturated carbocycles. The Morgan fingerprint density at radius 2 is 0.875 bits per heavy atom. The molecule has 0 unspecified atom stereocenters. The molecule has 4 nitrogen and oxygen atoms in total. The predicted octanol–water partition coefficient (Wildman–Crippen LogP) is 11.0. The Kier molecular flexibility index (Phi) is 6.74. The molecule has 3 aromatic heterocycles. The molecule has 2 N–H and O–H groups in total. The Balaban J connectivity index is 1.60. The van der Waals surface area contributed by atoms with Crippen molar-refractivity contribution in [3.8, 4) is 22.3 Å². The first-order valence-electron chi connectivity index (χ1n) is 12.4. The van der Waals surface area contributed by atoms with Gasteiger partial charge in [-0.05, 0) is 85.0 Å². The van der Waals surface area contributed by atoms with E-state index in [4.69, 9.17) is 9.97 Å². The normalized spacial score (nSPS) is 12.3. The van der Waals surface area contributed by atoms with Crippen LogP contribution in [0.2, 0.25) is 0 Å². The highest BCUT2D eigenvalue weighted by Crippen LogP contribution is 2.41. The summed E-state index contributed by atoms with van der Waals surface area (Å²) in [6.45, 7) is 0. The third-order valence-electron chi connectivity index (χ3n) is 6.82. The van der Waals surface area contributed by atoms with Crippen molar-refractivity contribution >= 4 is 110 Å². The van der Waals surface area contributed by atoms with Crippen LogP contribution in [0.25, 0.3) is 68.6 Å². The van der Waals surface area contributed by atoms with Gasteiger partial charge < -0.3 is 9.97 Å². The van der Waals surface area contributed by atoms with Crippen LogP contribution in [-0.4, -0.2) is 19.9 Å². The summed E-state index contributed by atoms with van der Waals surface area (Å²) >= 11 is 15.1. The first kappa shape index (κ1) is 25.9. The molecule has 8 bridgehead atoms. The van der Waals surface area contributed by atoms with Gasteiger partial charge in [0.25, 0.3) is 0 Å². The van der Waals surface area contributed by atoms with Gasteiger partial charge in [-0.15, -0.1) is 0 Å². The van der Waals surface area contributed by atoms with E-state index in [1.165, 1.54) is 0 Å². The van der Waals surface area contributed by atoms with Crippen molar-refractivity contribution in [2.24, 2.45) is 0 Å². The van der Waals surface area contributed by atoms with Crippen LogP contribution in [0.3, 0.4) is 0 Å². The Labute approximate surface area is 263 Å². The lowest BCUT2D eigenvalue weighted by Crippen LogP contribution is -1.89. The molecule has 2 aliphatic heterocycles. The molecule has 0 spiro atoms. The van der Waals surface area contributed by atoms with Crippen LogP contribution in [0.5, 0.6) is 0 Å². The fourth-order valence-electron chi connectivity index (χ4n) is 5.07. The first-order valence-corrected chi connectivity index (χ1v) is 15.6. The molecular weight excluding hydrogens is 760 g/mol. The number of nitrogens with one attached hydrogen (secondary N) is 2. The van der Waals surface area contributed by atoms with Gasteiger partial charge in [0.05, 0.1) is 22.8 Å². The highest BCUT2D eigenvalue weighted by molar-refractivity contribution is 9.11. The molecule has 0 aliphatic carbocycles. The van der Waals surface area contributed by atoms with Gasteiger partial charge >= 0.3 is 0 Å². The van der Waals surface area contributed by atoms with Crippen molar-refractivity contribution in [3.05, 3.63) is 113 Å².